The van der Waals surface area contributed by atoms with Gasteiger partial charge in [-0.2, -0.15) is 0 Å². The Morgan fingerprint density at radius 2 is 2.11 bits per heavy atom. The fourth-order valence-corrected chi connectivity index (χ4v) is 3.37. The number of aliphatic hydroxyl groups is 1. The second kappa shape index (κ2) is 6.10. The fourth-order valence-electron chi connectivity index (χ4n) is 2.50. The Hall–Kier alpha value is -0.490. The molecule has 1 fully saturated rings. The monoisotopic (exact) mass is 270 g/mol. The Labute approximate surface area is 112 Å². The Balaban J connectivity index is 1.99. The molecule has 5 heteroatoms. The number of hydrogen-bond acceptors (Lipinski definition) is 5. The van der Waals surface area contributed by atoms with Gasteiger partial charge in [0.05, 0.1) is 10.7 Å². The number of rotatable bonds is 5. The minimum Gasteiger partial charge on any atom is -0.396 e. The third kappa shape index (κ3) is 3.29. The maximum absolute atomic E-state index is 9.25. The van der Waals surface area contributed by atoms with Crippen molar-refractivity contribution in [3.05, 3.63) is 15.6 Å². The summed E-state index contributed by atoms with van der Waals surface area (Å²) in [5, 5.41) is 14.0. The van der Waals surface area contributed by atoms with Crippen LogP contribution < -0.4 is 5.32 Å². The summed E-state index contributed by atoms with van der Waals surface area (Å²) in [6, 6.07) is 0. The van der Waals surface area contributed by atoms with Gasteiger partial charge in [0.15, 0.2) is 0 Å². The number of aliphatic hydroxyl groups excluding tert-OH is 1. The molecular formula is C13H22N2O2S. The summed E-state index contributed by atoms with van der Waals surface area (Å²) in [7, 11) is 0. The van der Waals surface area contributed by atoms with Gasteiger partial charge >= 0.3 is 0 Å². The van der Waals surface area contributed by atoms with E-state index in [0.717, 1.165) is 49.7 Å². The SMILES string of the molecule is Cc1nc(C)c(CNC2(CCO)CCOCC2)s1. The van der Waals surface area contributed by atoms with Gasteiger partial charge in [-0.3, -0.25) is 0 Å². The first-order valence-electron chi connectivity index (χ1n) is 6.52. The van der Waals surface area contributed by atoms with E-state index >= 15 is 0 Å². The molecule has 0 bridgehead atoms. The zero-order valence-corrected chi connectivity index (χ0v) is 12.0. The molecule has 0 aromatic carbocycles. The number of nitrogens with one attached hydrogen (secondary N) is 1. The maximum atomic E-state index is 9.25. The highest BCUT2D eigenvalue weighted by Crippen LogP contribution is 2.26. The third-order valence-corrected chi connectivity index (χ3v) is 4.74. The van der Waals surface area contributed by atoms with Gasteiger partial charge in [-0.15, -0.1) is 11.3 Å². The molecule has 0 radical (unpaired) electrons. The number of nitrogens with zero attached hydrogens (tertiary/aromatic N) is 1. The van der Waals surface area contributed by atoms with Gasteiger partial charge in [-0.1, -0.05) is 0 Å². The number of aromatic nitrogens is 1. The van der Waals surface area contributed by atoms with Crippen LogP contribution in [-0.2, 0) is 11.3 Å². The zero-order valence-electron chi connectivity index (χ0n) is 11.2. The van der Waals surface area contributed by atoms with Crippen LogP contribution in [0.25, 0.3) is 0 Å². The third-order valence-electron chi connectivity index (χ3n) is 3.66. The summed E-state index contributed by atoms with van der Waals surface area (Å²) in [5.74, 6) is 0. The molecule has 0 aliphatic carbocycles. The highest BCUT2D eigenvalue weighted by Gasteiger charge is 2.31. The Kier molecular flexibility index (Phi) is 4.72. The van der Waals surface area contributed by atoms with Crippen molar-refractivity contribution in [1.29, 1.82) is 0 Å². The highest BCUT2D eigenvalue weighted by atomic mass is 32.1. The van der Waals surface area contributed by atoms with Gasteiger partial charge in [0.2, 0.25) is 0 Å². The molecule has 2 rings (SSSR count). The molecule has 0 amide bonds. The first-order valence-corrected chi connectivity index (χ1v) is 7.33. The van der Waals surface area contributed by atoms with E-state index in [1.165, 1.54) is 4.88 Å². The summed E-state index contributed by atoms with van der Waals surface area (Å²) >= 11 is 1.75. The summed E-state index contributed by atoms with van der Waals surface area (Å²) in [4.78, 5) is 5.75. The Morgan fingerprint density at radius 1 is 1.39 bits per heavy atom. The van der Waals surface area contributed by atoms with Gasteiger partial charge in [-0.05, 0) is 33.1 Å². The molecule has 1 aromatic heterocycles. The van der Waals surface area contributed by atoms with Crippen molar-refractivity contribution in [3.63, 3.8) is 0 Å². The van der Waals surface area contributed by atoms with Crippen LogP contribution in [0.4, 0.5) is 0 Å². The van der Waals surface area contributed by atoms with Crippen LogP contribution in [0.5, 0.6) is 0 Å². The molecule has 0 saturated carbocycles. The van der Waals surface area contributed by atoms with E-state index in [4.69, 9.17) is 4.74 Å². The van der Waals surface area contributed by atoms with Crippen LogP contribution in [-0.4, -0.2) is 35.5 Å². The molecule has 102 valence electrons. The Bertz CT molecular complexity index is 381. The van der Waals surface area contributed by atoms with Crippen LogP contribution >= 0.6 is 11.3 Å². The zero-order chi connectivity index (χ0) is 13.0. The van der Waals surface area contributed by atoms with E-state index in [1.807, 2.05) is 6.92 Å². The molecular weight excluding hydrogens is 248 g/mol. The van der Waals surface area contributed by atoms with E-state index in [1.54, 1.807) is 11.3 Å². The second-order valence-electron chi connectivity index (χ2n) is 4.96. The first kappa shape index (κ1) is 13.9. The van der Waals surface area contributed by atoms with Crippen molar-refractivity contribution in [2.45, 2.75) is 45.2 Å². The molecule has 1 aromatic rings. The van der Waals surface area contributed by atoms with Crippen molar-refractivity contribution >= 4 is 11.3 Å². The molecule has 0 unspecified atom stereocenters. The van der Waals surface area contributed by atoms with Gasteiger partial charge in [0.25, 0.3) is 0 Å². The summed E-state index contributed by atoms with van der Waals surface area (Å²) in [6.45, 7) is 6.74. The number of ether oxygens (including phenoxy) is 1. The van der Waals surface area contributed by atoms with Gasteiger partial charge in [-0.25, -0.2) is 4.98 Å². The minimum atomic E-state index is 0.0390. The number of aryl methyl sites for hydroxylation is 2. The lowest BCUT2D eigenvalue weighted by atomic mass is 9.87. The molecule has 1 aliphatic rings. The molecule has 2 N–H and O–H groups in total. The van der Waals surface area contributed by atoms with Crippen LogP contribution in [0.1, 0.15) is 34.8 Å². The average Bonchev–Trinajstić information content (AvgIpc) is 2.67. The largest absolute Gasteiger partial charge is 0.396 e. The lowest BCUT2D eigenvalue weighted by Gasteiger charge is -2.38. The molecule has 18 heavy (non-hydrogen) atoms. The summed E-state index contributed by atoms with van der Waals surface area (Å²) < 4.78 is 5.42. The first-order chi connectivity index (χ1) is 8.65. The van der Waals surface area contributed by atoms with Crippen molar-refractivity contribution in [3.8, 4) is 0 Å². The molecule has 0 spiro atoms. The predicted molar refractivity (Wildman–Crippen MR) is 72.9 cm³/mol. The normalized spacial score (nSPS) is 19.1. The highest BCUT2D eigenvalue weighted by molar-refractivity contribution is 7.11. The molecule has 4 nitrogen and oxygen atoms in total. The number of thiazole rings is 1. The molecule has 2 heterocycles. The van der Waals surface area contributed by atoms with Crippen molar-refractivity contribution in [2.75, 3.05) is 19.8 Å². The quantitative estimate of drug-likeness (QED) is 0.856. The van der Waals surface area contributed by atoms with Gasteiger partial charge < -0.3 is 15.2 Å². The van der Waals surface area contributed by atoms with Crippen molar-refractivity contribution in [1.82, 2.24) is 10.3 Å². The lowest BCUT2D eigenvalue weighted by Crippen LogP contribution is -2.49. The number of hydrogen-bond donors (Lipinski definition) is 2. The Morgan fingerprint density at radius 3 is 2.67 bits per heavy atom. The molecule has 1 aliphatic heterocycles. The summed E-state index contributed by atoms with van der Waals surface area (Å²) in [6.07, 6.45) is 2.75. The molecule has 0 atom stereocenters. The second-order valence-corrected chi connectivity index (χ2v) is 6.25. The fraction of sp³-hybridized carbons (Fsp3) is 0.769. The smallest absolute Gasteiger partial charge is 0.0900 e. The van der Waals surface area contributed by atoms with Crippen LogP contribution in [0.3, 0.4) is 0 Å². The van der Waals surface area contributed by atoms with Gasteiger partial charge in [0.1, 0.15) is 0 Å². The van der Waals surface area contributed by atoms with Crippen molar-refractivity contribution < 1.29 is 9.84 Å². The van der Waals surface area contributed by atoms with E-state index in [-0.39, 0.29) is 12.1 Å². The standard InChI is InChI=1S/C13H22N2O2S/c1-10-12(18-11(2)15-10)9-14-13(3-6-16)4-7-17-8-5-13/h14,16H,3-9H2,1-2H3. The maximum Gasteiger partial charge on any atom is 0.0900 e. The van der Waals surface area contributed by atoms with E-state index in [2.05, 4.69) is 17.2 Å². The van der Waals surface area contributed by atoms with Crippen LogP contribution in [0.2, 0.25) is 0 Å². The predicted octanol–water partition coefficient (Wildman–Crippen LogP) is 1.78. The van der Waals surface area contributed by atoms with Crippen LogP contribution in [0.15, 0.2) is 0 Å². The summed E-state index contributed by atoms with van der Waals surface area (Å²) in [5.41, 5.74) is 1.16. The lowest BCUT2D eigenvalue weighted by molar-refractivity contribution is 0.0268. The van der Waals surface area contributed by atoms with Crippen molar-refractivity contribution in [2.24, 2.45) is 0 Å². The van der Waals surface area contributed by atoms with Crippen LogP contribution in [0, 0.1) is 13.8 Å². The van der Waals surface area contributed by atoms with Gasteiger partial charge in [0, 0.05) is 36.8 Å². The minimum absolute atomic E-state index is 0.0390. The van der Waals surface area contributed by atoms with E-state index < -0.39 is 0 Å². The molecule has 1 saturated heterocycles. The van der Waals surface area contributed by atoms with E-state index in [0.29, 0.717) is 0 Å². The van der Waals surface area contributed by atoms with E-state index in [9.17, 15) is 5.11 Å². The average molecular weight is 270 g/mol. The topological polar surface area (TPSA) is 54.4 Å².